The predicted molar refractivity (Wildman–Crippen MR) is 128 cm³/mol. The Bertz CT molecular complexity index is 992. The first-order chi connectivity index (χ1) is 15.2. The molecule has 0 aromatic heterocycles. The minimum Gasteiger partial charge on any atom is -0.366 e. The highest BCUT2D eigenvalue weighted by Crippen LogP contribution is 2.40. The van der Waals surface area contributed by atoms with Gasteiger partial charge < -0.3 is 16.0 Å². The lowest BCUT2D eigenvalue weighted by atomic mass is 9.67. The van der Waals surface area contributed by atoms with E-state index in [4.69, 9.17) is 5.73 Å². The molecule has 2 aliphatic rings. The average Bonchev–Trinajstić information content (AvgIpc) is 3.12. The molecule has 2 aromatic carbocycles. The molecule has 3 N–H and O–H groups in total. The maximum atomic E-state index is 12.0. The highest BCUT2D eigenvalue weighted by atomic mass is 16.1. The van der Waals surface area contributed by atoms with Crippen LogP contribution in [-0.2, 0) is 23.1 Å². The van der Waals surface area contributed by atoms with E-state index in [9.17, 15) is 9.59 Å². The normalized spacial score (nSPS) is 24.7. The number of nitrogens with two attached hydrogens (primary N) is 1. The van der Waals surface area contributed by atoms with Crippen LogP contribution in [0.25, 0.3) is 0 Å². The van der Waals surface area contributed by atoms with Crippen LogP contribution in [0.4, 0.5) is 0 Å². The second-order valence-corrected chi connectivity index (χ2v) is 10.1. The summed E-state index contributed by atoms with van der Waals surface area (Å²) >= 11 is 0. The zero-order valence-electron chi connectivity index (χ0n) is 19.5. The maximum absolute atomic E-state index is 12.0. The van der Waals surface area contributed by atoms with Crippen molar-refractivity contribution in [3.05, 3.63) is 70.8 Å². The number of piperidine rings is 1. The summed E-state index contributed by atoms with van der Waals surface area (Å²) in [6, 6.07) is 16.4. The van der Waals surface area contributed by atoms with Crippen molar-refractivity contribution in [1.29, 1.82) is 0 Å². The van der Waals surface area contributed by atoms with Gasteiger partial charge in [0, 0.05) is 31.1 Å². The Morgan fingerprint density at radius 3 is 2.41 bits per heavy atom. The van der Waals surface area contributed by atoms with E-state index in [0.29, 0.717) is 11.5 Å². The van der Waals surface area contributed by atoms with E-state index in [-0.39, 0.29) is 22.8 Å². The number of fused-ring (bicyclic) bond motifs is 1. The largest absolute Gasteiger partial charge is 0.366 e. The molecular formula is C27H35N3O2. The van der Waals surface area contributed by atoms with E-state index < -0.39 is 0 Å². The molecule has 1 aliphatic heterocycles. The lowest BCUT2D eigenvalue weighted by Crippen LogP contribution is -2.53. The molecule has 2 amide bonds. The number of rotatable bonds is 6. The Morgan fingerprint density at radius 1 is 1.12 bits per heavy atom. The molecule has 0 radical (unpaired) electrons. The van der Waals surface area contributed by atoms with Gasteiger partial charge >= 0.3 is 0 Å². The summed E-state index contributed by atoms with van der Waals surface area (Å²) in [5.74, 6) is 0.116. The number of carbonyl (C=O) groups is 2. The predicted octanol–water partition coefficient (Wildman–Crippen LogP) is 3.45. The number of hydrogen-bond donors (Lipinski definition) is 2. The number of likely N-dealkylation sites (tertiary alicyclic amines) is 1. The van der Waals surface area contributed by atoms with Crippen LogP contribution in [0.15, 0.2) is 48.5 Å². The second-order valence-electron chi connectivity index (χ2n) is 10.1. The Hall–Kier alpha value is -2.66. The molecule has 0 saturated carbocycles. The smallest absolute Gasteiger partial charge is 0.248 e. The zero-order chi connectivity index (χ0) is 22.9. The van der Waals surface area contributed by atoms with Gasteiger partial charge in [0.1, 0.15) is 0 Å². The van der Waals surface area contributed by atoms with Crippen molar-refractivity contribution in [1.82, 2.24) is 10.2 Å². The number of carbonyl (C=O) groups excluding carboxylic acids is 2. The average molecular weight is 434 g/mol. The van der Waals surface area contributed by atoms with Crippen LogP contribution >= 0.6 is 0 Å². The molecule has 5 heteroatoms. The highest BCUT2D eigenvalue weighted by Gasteiger charge is 2.41. The first-order valence-corrected chi connectivity index (χ1v) is 11.7. The standard InChI is InChI=1S/C27H35N3O2/c1-19-18-30(13-11-26(19,3)24-10-6-9-21(15-24)25(28)32)14-12-27(29-20(2)31)16-22-7-4-5-8-23(22)17-27/h4-10,15,19H,11-14,16-18H2,1-3H3,(H2,28,32)(H,29,31). The monoisotopic (exact) mass is 433 g/mol. The van der Waals surface area contributed by atoms with Gasteiger partial charge in [-0.25, -0.2) is 0 Å². The van der Waals surface area contributed by atoms with E-state index in [1.807, 2.05) is 12.1 Å². The molecule has 2 aromatic rings. The van der Waals surface area contributed by atoms with Crippen molar-refractivity contribution in [3.8, 4) is 0 Å². The van der Waals surface area contributed by atoms with Gasteiger partial charge in [0.25, 0.3) is 0 Å². The number of amides is 2. The van der Waals surface area contributed by atoms with E-state index >= 15 is 0 Å². The molecule has 170 valence electrons. The molecule has 1 fully saturated rings. The third-order valence-electron chi connectivity index (χ3n) is 7.90. The lowest BCUT2D eigenvalue weighted by Gasteiger charge is -2.46. The van der Waals surface area contributed by atoms with Gasteiger partial charge in [-0.15, -0.1) is 0 Å². The summed E-state index contributed by atoms with van der Waals surface area (Å²) in [7, 11) is 0. The Kier molecular flexibility index (Phi) is 6.13. The van der Waals surface area contributed by atoms with Crippen LogP contribution in [0, 0.1) is 5.92 Å². The Labute approximate surface area is 191 Å². The van der Waals surface area contributed by atoms with Gasteiger partial charge in [0.05, 0.1) is 0 Å². The van der Waals surface area contributed by atoms with E-state index in [0.717, 1.165) is 45.3 Å². The summed E-state index contributed by atoms with van der Waals surface area (Å²) < 4.78 is 0. The second kappa shape index (κ2) is 8.70. The molecule has 0 bridgehead atoms. The fourth-order valence-corrected chi connectivity index (χ4v) is 5.74. The van der Waals surface area contributed by atoms with E-state index in [1.54, 1.807) is 13.0 Å². The molecule has 2 unspecified atom stereocenters. The van der Waals surface area contributed by atoms with Crippen LogP contribution in [0.2, 0.25) is 0 Å². The number of benzene rings is 2. The topological polar surface area (TPSA) is 75.4 Å². The number of nitrogens with zero attached hydrogens (tertiary/aromatic N) is 1. The third kappa shape index (κ3) is 4.44. The fourth-order valence-electron chi connectivity index (χ4n) is 5.74. The van der Waals surface area contributed by atoms with Crippen LogP contribution in [-0.4, -0.2) is 41.9 Å². The SMILES string of the molecule is CC(=O)NC1(CCN2CCC(C)(c3cccc(C(N)=O)c3)C(C)C2)Cc2ccccc2C1. The van der Waals surface area contributed by atoms with Gasteiger partial charge in [0.2, 0.25) is 11.8 Å². The summed E-state index contributed by atoms with van der Waals surface area (Å²) in [6.45, 7) is 9.21. The summed E-state index contributed by atoms with van der Waals surface area (Å²) in [4.78, 5) is 26.2. The van der Waals surface area contributed by atoms with Crippen LogP contribution in [0.1, 0.15) is 60.7 Å². The van der Waals surface area contributed by atoms with E-state index in [1.165, 1.54) is 16.7 Å². The quantitative estimate of drug-likeness (QED) is 0.733. The number of primary amides is 1. The molecule has 1 aliphatic carbocycles. The van der Waals surface area contributed by atoms with Gasteiger partial charge in [0.15, 0.2) is 0 Å². The molecule has 2 atom stereocenters. The van der Waals surface area contributed by atoms with Crippen LogP contribution in [0.3, 0.4) is 0 Å². The summed E-state index contributed by atoms with van der Waals surface area (Å²) in [6.07, 6.45) is 3.79. The first kappa shape index (κ1) is 22.5. The Morgan fingerprint density at radius 2 is 1.81 bits per heavy atom. The van der Waals surface area contributed by atoms with Crippen molar-refractivity contribution in [2.45, 2.75) is 57.4 Å². The number of hydrogen-bond acceptors (Lipinski definition) is 3. The van der Waals surface area contributed by atoms with Crippen molar-refractivity contribution in [2.75, 3.05) is 19.6 Å². The molecule has 0 spiro atoms. The summed E-state index contributed by atoms with van der Waals surface area (Å²) in [5.41, 5.74) is 9.83. The van der Waals surface area contributed by atoms with Gasteiger partial charge in [-0.1, -0.05) is 50.2 Å². The Balaban J connectivity index is 1.43. The molecule has 1 heterocycles. The van der Waals surface area contributed by atoms with Gasteiger partial charge in [-0.2, -0.15) is 0 Å². The van der Waals surface area contributed by atoms with Gasteiger partial charge in [-0.05, 0) is 72.4 Å². The fraction of sp³-hybridized carbons (Fsp3) is 0.481. The van der Waals surface area contributed by atoms with Crippen LogP contribution < -0.4 is 11.1 Å². The molecule has 1 saturated heterocycles. The highest BCUT2D eigenvalue weighted by molar-refractivity contribution is 5.93. The summed E-state index contributed by atoms with van der Waals surface area (Å²) in [5, 5.41) is 3.30. The maximum Gasteiger partial charge on any atom is 0.248 e. The van der Waals surface area contributed by atoms with Crippen molar-refractivity contribution in [2.24, 2.45) is 11.7 Å². The molecule has 32 heavy (non-hydrogen) atoms. The molecular weight excluding hydrogens is 398 g/mol. The van der Waals surface area contributed by atoms with Gasteiger partial charge in [-0.3, -0.25) is 9.59 Å². The lowest BCUT2D eigenvalue weighted by molar-refractivity contribution is -0.121. The number of nitrogens with one attached hydrogen (secondary N) is 1. The van der Waals surface area contributed by atoms with Crippen molar-refractivity contribution < 1.29 is 9.59 Å². The zero-order valence-corrected chi connectivity index (χ0v) is 19.5. The van der Waals surface area contributed by atoms with E-state index in [2.05, 4.69) is 54.4 Å². The third-order valence-corrected chi connectivity index (χ3v) is 7.90. The van der Waals surface area contributed by atoms with Crippen LogP contribution in [0.5, 0.6) is 0 Å². The first-order valence-electron chi connectivity index (χ1n) is 11.7. The van der Waals surface area contributed by atoms with Crippen molar-refractivity contribution in [3.63, 3.8) is 0 Å². The minimum absolute atomic E-state index is 0.0148. The minimum atomic E-state index is -0.374. The molecule has 5 nitrogen and oxygen atoms in total. The molecule has 4 rings (SSSR count). The van der Waals surface area contributed by atoms with Crippen molar-refractivity contribution >= 4 is 11.8 Å².